The van der Waals surface area contributed by atoms with Crippen LogP contribution in [-0.4, -0.2) is 36.3 Å². The zero-order valence-corrected chi connectivity index (χ0v) is 14.1. The largest absolute Gasteiger partial charge is 0.373 e. The van der Waals surface area contributed by atoms with Crippen molar-refractivity contribution < 1.29 is 8.42 Å². The van der Waals surface area contributed by atoms with Crippen molar-refractivity contribution in [1.82, 2.24) is 14.3 Å². The van der Waals surface area contributed by atoms with Gasteiger partial charge < -0.3 is 5.32 Å². The minimum Gasteiger partial charge on any atom is -0.373 e. The van der Waals surface area contributed by atoms with Gasteiger partial charge in [0.05, 0.1) is 11.7 Å². The SMILES string of the molecule is CNc1cc([C@H]2CCCN2S(=O)(=O)c2cccs2)nc(C)n1. The quantitative estimate of drug-likeness (QED) is 0.926. The zero-order valence-electron chi connectivity index (χ0n) is 12.5. The average molecular weight is 338 g/mol. The third kappa shape index (κ3) is 2.73. The number of aromatic nitrogens is 2. The lowest BCUT2D eigenvalue weighted by molar-refractivity contribution is 0.391. The Labute approximate surface area is 134 Å². The number of thiophene rings is 1. The van der Waals surface area contributed by atoms with E-state index in [9.17, 15) is 8.42 Å². The molecule has 0 unspecified atom stereocenters. The third-order valence-electron chi connectivity index (χ3n) is 3.72. The lowest BCUT2D eigenvalue weighted by Crippen LogP contribution is -2.30. The van der Waals surface area contributed by atoms with Gasteiger partial charge in [0.25, 0.3) is 10.0 Å². The van der Waals surface area contributed by atoms with E-state index < -0.39 is 10.0 Å². The van der Waals surface area contributed by atoms with E-state index in [0.29, 0.717) is 22.4 Å². The fraction of sp³-hybridized carbons (Fsp3) is 0.429. The van der Waals surface area contributed by atoms with Crippen LogP contribution in [0.1, 0.15) is 30.4 Å². The first kappa shape index (κ1) is 15.4. The summed E-state index contributed by atoms with van der Waals surface area (Å²) in [5.74, 6) is 1.35. The molecule has 0 radical (unpaired) electrons. The van der Waals surface area contributed by atoms with Crippen LogP contribution in [0.2, 0.25) is 0 Å². The lowest BCUT2D eigenvalue weighted by Gasteiger charge is -2.23. The molecular weight excluding hydrogens is 320 g/mol. The van der Waals surface area contributed by atoms with Crippen molar-refractivity contribution in [2.45, 2.75) is 30.0 Å². The zero-order chi connectivity index (χ0) is 15.7. The molecule has 8 heteroatoms. The van der Waals surface area contributed by atoms with Crippen LogP contribution in [0.5, 0.6) is 0 Å². The highest BCUT2D eigenvalue weighted by atomic mass is 32.2. The number of sulfonamides is 1. The predicted molar refractivity (Wildman–Crippen MR) is 86.5 cm³/mol. The summed E-state index contributed by atoms with van der Waals surface area (Å²) in [6.07, 6.45) is 1.62. The number of rotatable bonds is 4. The van der Waals surface area contributed by atoms with E-state index in [1.807, 2.05) is 13.0 Å². The van der Waals surface area contributed by atoms with Crippen LogP contribution < -0.4 is 5.32 Å². The summed E-state index contributed by atoms with van der Waals surface area (Å²) in [5, 5.41) is 4.78. The molecule has 2 aromatic rings. The van der Waals surface area contributed by atoms with Crippen LogP contribution in [0.15, 0.2) is 27.8 Å². The van der Waals surface area contributed by atoms with Crippen LogP contribution in [0.3, 0.4) is 0 Å². The first-order chi connectivity index (χ1) is 10.5. The fourth-order valence-corrected chi connectivity index (χ4v) is 5.53. The molecule has 118 valence electrons. The van der Waals surface area contributed by atoms with E-state index >= 15 is 0 Å². The molecule has 0 saturated carbocycles. The van der Waals surface area contributed by atoms with E-state index in [-0.39, 0.29) is 6.04 Å². The molecule has 22 heavy (non-hydrogen) atoms. The van der Waals surface area contributed by atoms with Crippen molar-refractivity contribution in [3.8, 4) is 0 Å². The molecule has 0 aromatic carbocycles. The molecule has 3 rings (SSSR count). The van der Waals surface area contributed by atoms with Gasteiger partial charge in [0.1, 0.15) is 15.9 Å². The van der Waals surface area contributed by atoms with Gasteiger partial charge in [-0.25, -0.2) is 18.4 Å². The Morgan fingerprint density at radius 1 is 1.41 bits per heavy atom. The Hall–Kier alpha value is -1.51. The van der Waals surface area contributed by atoms with Crippen molar-refractivity contribution in [2.24, 2.45) is 0 Å². The van der Waals surface area contributed by atoms with Gasteiger partial charge in [-0.05, 0) is 31.2 Å². The Morgan fingerprint density at radius 2 is 2.23 bits per heavy atom. The summed E-state index contributed by atoms with van der Waals surface area (Å²) in [4.78, 5) is 8.73. The van der Waals surface area contributed by atoms with Gasteiger partial charge in [-0.3, -0.25) is 0 Å². The summed E-state index contributed by atoms with van der Waals surface area (Å²) < 4.78 is 27.5. The molecule has 2 aromatic heterocycles. The minimum absolute atomic E-state index is 0.221. The number of aryl methyl sites for hydroxylation is 1. The first-order valence-electron chi connectivity index (χ1n) is 7.11. The maximum atomic E-state index is 12.8. The summed E-state index contributed by atoms with van der Waals surface area (Å²) in [6, 6.07) is 5.02. The Kier molecular flexibility index (Phi) is 4.16. The maximum Gasteiger partial charge on any atom is 0.253 e. The van der Waals surface area contributed by atoms with E-state index in [1.165, 1.54) is 11.3 Å². The monoisotopic (exact) mass is 338 g/mol. The molecule has 1 aliphatic rings. The molecule has 1 saturated heterocycles. The normalized spacial score (nSPS) is 19.5. The van der Waals surface area contributed by atoms with Crippen molar-refractivity contribution >= 4 is 27.2 Å². The number of hydrogen-bond acceptors (Lipinski definition) is 6. The number of nitrogens with one attached hydrogen (secondary N) is 1. The second-order valence-corrected chi connectivity index (χ2v) is 8.25. The summed E-state index contributed by atoms with van der Waals surface area (Å²) >= 11 is 1.25. The molecule has 1 N–H and O–H groups in total. The minimum atomic E-state index is -3.45. The molecule has 6 nitrogen and oxygen atoms in total. The predicted octanol–water partition coefficient (Wildman–Crippen LogP) is 2.41. The molecule has 0 amide bonds. The molecule has 0 aliphatic carbocycles. The Morgan fingerprint density at radius 3 is 2.91 bits per heavy atom. The standard InChI is InChI=1S/C14H18N4O2S2/c1-10-16-11(9-13(15-2)17-10)12-5-3-7-18(12)22(19,20)14-6-4-8-21-14/h4,6,8-9,12H,3,5,7H2,1-2H3,(H,15,16,17)/t12-/m1/s1. The van der Waals surface area contributed by atoms with Crippen molar-refractivity contribution in [1.29, 1.82) is 0 Å². The van der Waals surface area contributed by atoms with Crippen molar-refractivity contribution in [2.75, 3.05) is 18.9 Å². The molecular formula is C14H18N4O2S2. The number of nitrogens with zero attached hydrogens (tertiary/aromatic N) is 3. The van der Waals surface area contributed by atoms with E-state index in [1.54, 1.807) is 28.9 Å². The van der Waals surface area contributed by atoms with E-state index in [2.05, 4.69) is 15.3 Å². The highest BCUT2D eigenvalue weighted by molar-refractivity contribution is 7.91. The van der Waals surface area contributed by atoms with Crippen molar-refractivity contribution in [3.63, 3.8) is 0 Å². The molecule has 1 fully saturated rings. The second kappa shape index (κ2) is 5.94. The smallest absolute Gasteiger partial charge is 0.253 e. The molecule has 0 bridgehead atoms. The third-order valence-corrected chi connectivity index (χ3v) is 7.00. The van der Waals surface area contributed by atoms with Gasteiger partial charge in [0, 0.05) is 19.7 Å². The summed E-state index contributed by atoms with van der Waals surface area (Å²) in [7, 11) is -1.66. The molecule has 0 spiro atoms. The molecule has 1 aliphatic heterocycles. The molecule has 3 heterocycles. The van der Waals surface area contributed by atoms with Crippen LogP contribution in [0, 0.1) is 6.92 Å². The Balaban J connectivity index is 1.99. The Bertz CT molecular complexity index is 759. The van der Waals surface area contributed by atoms with Gasteiger partial charge in [-0.2, -0.15) is 4.31 Å². The van der Waals surface area contributed by atoms with Crippen molar-refractivity contribution in [3.05, 3.63) is 35.1 Å². The van der Waals surface area contributed by atoms with Crippen LogP contribution >= 0.6 is 11.3 Å². The highest BCUT2D eigenvalue weighted by Crippen LogP contribution is 2.37. The van der Waals surface area contributed by atoms with Crippen LogP contribution in [-0.2, 0) is 10.0 Å². The molecule has 1 atom stereocenters. The first-order valence-corrected chi connectivity index (χ1v) is 9.43. The lowest BCUT2D eigenvalue weighted by atomic mass is 10.1. The average Bonchev–Trinajstić information content (AvgIpc) is 3.18. The number of anilines is 1. The van der Waals surface area contributed by atoms with Crippen LogP contribution in [0.4, 0.5) is 5.82 Å². The topological polar surface area (TPSA) is 75.2 Å². The van der Waals surface area contributed by atoms with Gasteiger partial charge in [-0.1, -0.05) is 6.07 Å². The van der Waals surface area contributed by atoms with Gasteiger partial charge >= 0.3 is 0 Å². The van der Waals surface area contributed by atoms with Gasteiger partial charge in [0.15, 0.2) is 0 Å². The fourth-order valence-electron chi connectivity index (χ4n) is 2.74. The summed E-state index contributed by atoms with van der Waals surface area (Å²) in [5.41, 5.74) is 0.759. The van der Waals surface area contributed by atoms with Crippen LogP contribution in [0.25, 0.3) is 0 Å². The van der Waals surface area contributed by atoms with Gasteiger partial charge in [-0.15, -0.1) is 11.3 Å². The van der Waals surface area contributed by atoms with E-state index in [4.69, 9.17) is 0 Å². The van der Waals surface area contributed by atoms with E-state index in [0.717, 1.165) is 18.5 Å². The highest BCUT2D eigenvalue weighted by Gasteiger charge is 2.37. The van der Waals surface area contributed by atoms with Gasteiger partial charge in [0.2, 0.25) is 0 Å². The second-order valence-electron chi connectivity index (χ2n) is 5.18. The number of hydrogen-bond donors (Lipinski definition) is 1. The summed E-state index contributed by atoms with van der Waals surface area (Å²) in [6.45, 7) is 2.35. The maximum absolute atomic E-state index is 12.8.